The van der Waals surface area contributed by atoms with E-state index >= 15 is 0 Å². The maximum absolute atomic E-state index is 8.64. The third kappa shape index (κ3) is 2.34. The third-order valence-corrected chi connectivity index (χ3v) is 3.12. The number of benzene rings is 1. The molecule has 1 aliphatic heterocycles. The third-order valence-electron chi connectivity index (χ3n) is 3.12. The first-order valence-electron chi connectivity index (χ1n) is 5.71. The fourth-order valence-electron chi connectivity index (χ4n) is 2.17. The van der Waals surface area contributed by atoms with Crippen LogP contribution in [0.4, 0.5) is 5.69 Å². The van der Waals surface area contributed by atoms with Crippen molar-refractivity contribution in [1.29, 1.82) is 5.26 Å². The lowest BCUT2D eigenvalue weighted by molar-refractivity contribution is 0.287. The number of hydrogen-bond donors (Lipinski definition) is 0. The van der Waals surface area contributed by atoms with Crippen molar-refractivity contribution in [2.24, 2.45) is 0 Å². The van der Waals surface area contributed by atoms with E-state index in [1.54, 1.807) is 0 Å². The van der Waals surface area contributed by atoms with Crippen LogP contribution in [-0.2, 0) is 0 Å². The molecule has 1 saturated heterocycles. The van der Waals surface area contributed by atoms with Crippen molar-refractivity contribution in [3.63, 3.8) is 0 Å². The molecule has 2 rings (SSSR count). The molecule has 0 atom stereocenters. The highest BCUT2D eigenvalue weighted by Gasteiger charge is 2.17. The van der Waals surface area contributed by atoms with Crippen LogP contribution in [0, 0.1) is 18.3 Å². The van der Waals surface area contributed by atoms with Gasteiger partial charge in [-0.2, -0.15) is 5.26 Å². The van der Waals surface area contributed by atoms with E-state index < -0.39 is 0 Å². The van der Waals surface area contributed by atoms with E-state index in [0.717, 1.165) is 26.2 Å². The Morgan fingerprint density at radius 2 is 1.88 bits per heavy atom. The molecule has 3 heteroatoms. The fourth-order valence-corrected chi connectivity index (χ4v) is 2.17. The van der Waals surface area contributed by atoms with E-state index in [0.29, 0.717) is 6.54 Å². The molecule has 0 N–H and O–H groups in total. The number of hydrogen-bond acceptors (Lipinski definition) is 3. The minimum Gasteiger partial charge on any atom is -0.369 e. The molecule has 3 nitrogen and oxygen atoms in total. The Labute approximate surface area is 96.9 Å². The number of nitriles is 1. The SMILES string of the molecule is Cc1ccccc1N1CCN(CC#N)CC1. The Kier molecular flexibility index (Phi) is 3.43. The second-order valence-electron chi connectivity index (χ2n) is 4.21. The zero-order valence-electron chi connectivity index (χ0n) is 9.69. The second-order valence-corrected chi connectivity index (χ2v) is 4.21. The molecule has 1 fully saturated rings. The summed E-state index contributed by atoms with van der Waals surface area (Å²) in [6, 6.07) is 10.7. The van der Waals surface area contributed by atoms with Gasteiger partial charge in [0, 0.05) is 31.9 Å². The Morgan fingerprint density at radius 3 is 2.50 bits per heavy atom. The van der Waals surface area contributed by atoms with Crippen LogP contribution in [0.2, 0.25) is 0 Å². The molecule has 1 heterocycles. The molecule has 1 aliphatic rings. The minimum absolute atomic E-state index is 0.557. The maximum Gasteiger partial charge on any atom is 0.0867 e. The summed E-state index contributed by atoms with van der Waals surface area (Å²) in [5, 5.41) is 8.64. The Hall–Kier alpha value is -1.53. The number of anilines is 1. The molecule has 0 unspecified atom stereocenters. The lowest BCUT2D eigenvalue weighted by Gasteiger charge is -2.35. The predicted molar refractivity (Wildman–Crippen MR) is 65.4 cm³/mol. The van der Waals surface area contributed by atoms with E-state index in [2.05, 4.69) is 47.1 Å². The van der Waals surface area contributed by atoms with E-state index in [1.807, 2.05) is 0 Å². The zero-order chi connectivity index (χ0) is 11.4. The molecular weight excluding hydrogens is 198 g/mol. The van der Waals surface area contributed by atoms with E-state index in [-0.39, 0.29) is 0 Å². The summed E-state index contributed by atoms with van der Waals surface area (Å²) in [5.74, 6) is 0. The molecule has 0 aliphatic carbocycles. The summed E-state index contributed by atoms with van der Waals surface area (Å²) >= 11 is 0. The van der Waals surface area contributed by atoms with Crippen LogP contribution in [0.5, 0.6) is 0 Å². The zero-order valence-corrected chi connectivity index (χ0v) is 9.69. The van der Waals surface area contributed by atoms with Crippen molar-refractivity contribution < 1.29 is 0 Å². The summed E-state index contributed by atoms with van der Waals surface area (Å²) in [7, 11) is 0. The summed E-state index contributed by atoms with van der Waals surface area (Å²) < 4.78 is 0. The van der Waals surface area contributed by atoms with Crippen molar-refractivity contribution in [1.82, 2.24) is 4.90 Å². The number of nitrogens with zero attached hydrogens (tertiary/aromatic N) is 3. The van der Waals surface area contributed by atoms with Gasteiger partial charge in [-0.05, 0) is 18.6 Å². The largest absolute Gasteiger partial charge is 0.369 e. The van der Waals surface area contributed by atoms with Gasteiger partial charge in [-0.3, -0.25) is 4.90 Å². The highest BCUT2D eigenvalue weighted by atomic mass is 15.3. The van der Waals surface area contributed by atoms with Gasteiger partial charge in [0.2, 0.25) is 0 Å². The number of rotatable bonds is 2. The standard InChI is InChI=1S/C13H17N3/c1-12-4-2-3-5-13(12)16-10-8-15(7-6-14)9-11-16/h2-5H,7-11H2,1H3. The van der Waals surface area contributed by atoms with Gasteiger partial charge in [-0.25, -0.2) is 0 Å². The first-order chi connectivity index (χ1) is 7.81. The van der Waals surface area contributed by atoms with Crippen molar-refractivity contribution >= 4 is 5.69 Å². The van der Waals surface area contributed by atoms with Gasteiger partial charge in [-0.1, -0.05) is 18.2 Å². The molecule has 1 aromatic rings. The summed E-state index contributed by atoms with van der Waals surface area (Å²) in [6.45, 7) is 6.72. The normalized spacial score (nSPS) is 17.1. The molecule has 0 bridgehead atoms. The molecule has 84 valence electrons. The smallest absolute Gasteiger partial charge is 0.0867 e. The van der Waals surface area contributed by atoms with Crippen LogP contribution in [0.15, 0.2) is 24.3 Å². The van der Waals surface area contributed by atoms with E-state index in [9.17, 15) is 0 Å². The molecule has 0 amide bonds. The van der Waals surface area contributed by atoms with Crippen LogP contribution in [0.1, 0.15) is 5.56 Å². The van der Waals surface area contributed by atoms with Gasteiger partial charge in [0.05, 0.1) is 12.6 Å². The van der Waals surface area contributed by atoms with Gasteiger partial charge in [-0.15, -0.1) is 0 Å². The van der Waals surface area contributed by atoms with Crippen molar-refractivity contribution in [3.05, 3.63) is 29.8 Å². The van der Waals surface area contributed by atoms with Gasteiger partial charge >= 0.3 is 0 Å². The predicted octanol–water partition coefficient (Wildman–Crippen LogP) is 1.64. The minimum atomic E-state index is 0.557. The second kappa shape index (κ2) is 5.00. The first kappa shape index (κ1) is 11.0. The molecular formula is C13H17N3. The molecule has 0 aromatic heterocycles. The van der Waals surface area contributed by atoms with Gasteiger partial charge in [0.1, 0.15) is 0 Å². The average Bonchev–Trinajstić information content (AvgIpc) is 2.31. The average molecular weight is 215 g/mol. The van der Waals surface area contributed by atoms with Crippen LogP contribution in [0.25, 0.3) is 0 Å². The summed E-state index contributed by atoms with van der Waals surface area (Å²) in [4.78, 5) is 4.61. The van der Waals surface area contributed by atoms with E-state index in [1.165, 1.54) is 11.3 Å². The van der Waals surface area contributed by atoms with Crippen LogP contribution in [-0.4, -0.2) is 37.6 Å². The summed E-state index contributed by atoms with van der Waals surface area (Å²) in [5.41, 5.74) is 2.66. The Balaban J connectivity index is 2.00. The highest BCUT2D eigenvalue weighted by molar-refractivity contribution is 5.53. The quantitative estimate of drug-likeness (QED) is 0.703. The van der Waals surface area contributed by atoms with E-state index in [4.69, 9.17) is 5.26 Å². The first-order valence-corrected chi connectivity index (χ1v) is 5.71. The Morgan fingerprint density at radius 1 is 1.19 bits per heavy atom. The Bertz CT molecular complexity index is 386. The summed E-state index contributed by atoms with van der Waals surface area (Å²) in [6.07, 6.45) is 0. The van der Waals surface area contributed by atoms with Gasteiger partial charge in [0.15, 0.2) is 0 Å². The molecule has 1 aromatic carbocycles. The van der Waals surface area contributed by atoms with Crippen molar-refractivity contribution in [2.75, 3.05) is 37.6 Å². The number of para-hydroxylation sites is 1. The number of aryl methyl sites for hydroxylation is 1. The topological polar surface area (TPSA) is 30.3 Å². The fraction of sp³-hybridized carbons (Fsp3) is 0.462. The number of piperazine rings is 1. The van der Waals surface area contributed by atoms with Gasteiger partial charge < -0.3 is 4.90 Å². The maximum atomic E-state index is 8.64. The lowest BCUT2D eigenvalue weighted by Crippen LogP contribution is -2.46. The highest BCUT2D eigenvalue weighted by Crippen LogP contribution is 2.20. The molecule has 16 heavy (non-hydrogen) atoms. The van der Waals surface area contributed by atoms with Crippen molar-refractivity contribution in [2.45, 2.75) is 6.92 Å². The lowest BCUT2D eigenvalue weighted by atomic mass is 10.1. The molecule has 0 saturated carbocycles. The monoisotopic (exact) mass is 215 g/mol. The van der Waals surface area contributed by atoms with Crippen LogP contribution >= 0.6 is 0 Å². The molecule has 0 radical (unpaired) electrons. The van der Waals surface area contributed by atoms with Crippen LogP contribution < -0.4 is 4.90 Å². The van der Waals surface area contributed by atoms with Gasteiger partial charge in [0.25, 0.3) is 0 Å². The van der Waals surface area contributed by atoms with Crippen LogP contribution in [0.3, 0.4) is 0 Å². The van der Waals surface area contributed by atoms with Crippen molar-refractivity contribution in [3.8, 4) is 6.07 Å². The molecule has 0 spiro atoms.